The van der Waals surface area contributed by atoms with E-state index >= 15 is 0 Å². The van der Waals surface area contributed by atoms with Crippen LogP contribution in [-0.2, 0) is 19.3 Å². The van der Waals surface area contributed by atoms with Crippen LogP contribution in [-0.4, -0.2) is 11.5 Å². The van der Waals surface area contributed by atoms with E-state index in [2.05, 4.69) is 28.6 Å². The molecule has 1 aliphatic carbocycles. The van der Waals surface area contributed by atoms with Crippen molar-refractivity contribution in [2.45, 2.75) is 32.1 Å². The van der Waals surface area contributed by atoms with E-state index in [1.165, 1.54) is 42.4 Å². The molecule has 0 aliphatic heterocycles. The zero-order chi connectivity index (χ0) is 12.4. The van der Waals surface area contributed by atoms with Gasteiger partial charge in [0, 0.05) is 17.4 Å². The van der Waals surface area contributed by atoms with E-state index in [9.17, 15) is 0 Å². The maximum atomic E-state index is 5.56. The van der Waals surface area contributed by atoms with Gasteiger partial charge in [0.15, 0.2) is 0 Å². The normalized spacial score (nSPS) is 14.5. The van der Waals surface area contributed by atoms with Crippen LogP contribution in [0.2, 0.25) is 0 Å². The fourth-order valence-electron chi connectivity index (χ4n) is 2.57. The van der Waals surface area contributed by atoms with Gasteiger partial charge >= 0.3 is 0 Å². The molecule has 1 aromatic heterocycles. The SMILES string of the molecule is NCCc1csc(-c2ccc3c(c2)CCCC3)n1. The Balaban J connectivity index is 1.91. The largest absolute Gasteiger partial charge is 0.330 e. The first-order valence-corrected chi connectivity index (χ1v) is 7.51. The molecule has 0 bridgehead atoms. The highest BCUT2D eigenvalue weighted by Crippen LogP contribution is 2.29. The van der Waals surface area contributed by atoms with Crippen molar-refractivity contribution in [2.24, 2.45) is 5.73 Å². The minimum Gasteiger partial charge on any atom is -0.330 e. The molecule has 1 aliphatic rings. The molecule has 0 radical (unpaired) electrons. The van der Waals surface area contributed by atoms with Gasteiger partial charge < -0.3 is 5.73 Å². The molecule has 2 N–H and O–H groups in total. The maximum absolute atomic E-state index is 5.56. The number of aromatic nitrogens is 1. The molecule has 2 nitrogen and oxygen atoms in total. The van der Waals surface area contributed by atoms with Gasteiger partial charge in [0.2, 0.25) is 0 Å². The van der Waals surface area contributed by atoms with Crippen LogP contribution in [0.5, 0.6) is 0 Å². The van der Waals surface area contributed by atoms with E-state index in [0.29, 0.717) is 6.54 Å². The van der Waals surface area contributed by atoms with Gasteiger partial charge in [-0.3, -0.25) is 0 Å². The predicted octanol–water partition coefficient (Wildman–Crippen LogP) is 3.19. The first-order valence-electron chi connectivity index (χ1n) is 6.63. The molecule has 0 saturated heterocycles. The average molecular weight is 258 g/mol. The van der Waals surface area contributed by atoms with Crippen LogP contribution >= 0.6 is 11.3 Å². The smallest absolute Gasteiger partial charge is 0.123 e. The van der Waals surface area contributed by atoms with Crippen molar-refractivity contribution < 1.29 is 0 Å². The third kappa shape index (κ3) is 2.33. The molecule has 18 heavy (non-hydrogen) atoms. The fraction of sp³-hybridized carbons (Fsp3) is 0.400. The number of hydrogen-bond acceptors (Lipinski definition) is 3. The predicted molar refractivity (Wildman–Crippen MR) is 77.0 cm³/mol. The Morgan fingerprint density at radius 3 is 2.83 bits per heavy atom. The van der Waals surface area contributed by atoms with Gasteiger partial charge in [0.1, 0.15) is 5.01 Å². The topological polar surface area (TPSA) is 38.9 Å². The van der Waals surface area contributed by atoms with E-state index in [4.69, 9.17) is 5.73 Å². The minimum absolute atomic E-state index is 0.674. The summed E-state index contributed by atoms with van der Waals surface area (Å²) in [6, 6.07) is 6.84. The molecule has 3 rings (SSSR count). The summed E-state index contributed by atoms with van der Waals surface area (Å²) < 4.78 is 0. The Morgan fingerprint density at radius 1 is 1.17 bits per heavy atom. The lowest BCUT2D eigenvalue weighted by Gasteiger charge is -2.15. The van der Waals surface area contributed by atoms with Crippen molar-refractivity contribution in [1.29, 1.82) is 0 Å². The Labute approximate surface area is 112 Å². The number of rotatable bonds is 3. The zero-order valence-corrected chi connectivity index (χ0v) is 11.3. The standard InChI is InChI=1S/C15H18N2S/c16-8-7-14-10-18-15(17-14)13-6-5-11-3-1-2-4-12(11)9-13/h5-6,9-10H,1-4,7-8,16H2. The van der Waals surface area contributed by atoms with Gasteiger partial charge in [-0.2, -0.15) is 0 Å². The van der Waals surface area contributed by atoms with Crippen LogP contribution < -0.4 is 5.73 Å². The van der Waals surface area contributed by atoms with E-state index in [1.807, 2.05) is 0 Å². The molecular formula is C15H18N2S. The summed E-state index contributed by atoms with van der Waals surface area (Å²) in [5.41, 5.74) is 11.0. The summed E-state index contributed by atoms with van der Waals surface area (Å²) in [6.45, 7) is 0.674. The summed E-state index contributed by atoms with van der Waals surface area (Å²) in [7, 11) is 0. The summed E-state index contributed by atoms with van der Waals surface area (Å²) in [4.78, 5) is 4.66. The highest BCUT2D eigenvalue weighted by Gasteiger charge is 2.11. The van der Waals surface area contributed by atoms with Gasteiger partial charge in [-0.15, -0.1) is 11.3 Å². The first-order chi connectivity index (χ1) is 8.86. The highest BCUT2D eigenvalue weighted by atomic mass is 32.1. The number of fused-ring (bicyclic) bond motifs is 1. The van der Waals surface area contributed by atoms with E-state index in [1.54, 1.807) is 11.3 Å². The lowest BCUT2D eigenvalue weighted by Crippen LogP contribution is -2.03. The second-order valence-electron chi connectivity index (χ2n) is 4.87. The third-order valence-corrected chi connectivity index (χ3v) is 4.49. The molecule has 3 heteroatoms. The van der Waals surface area contributed by atoms with Gasteiger partial charge in [0.25, 0.3) is 0 Å². The zero-order valence-electron chi connectivity index (χ0n) is 10.5. The van der Waals surface area contributed by atoms with Crippen molar-refractivity contribution >= 4 is 11.3 Å². The van der Waals surface area contributed by atoms with Gasteiger partial charge in [-0.1, -0.05) is 12.1 Å². The first kappa shape index (κ1) is 11.9. The van der Waals surface area contributed by atoms with Crippen molar-refractivity contribution in [3.05, 3.63) is 40.4 Å². The van der Waals surface area contributed by atoms with Gasteiger partial charge in [0.05, 0.1) is 5.69 Å². The lowest BCUT2D eigenvalue weighted by atomic mass is 9.90. The molecule has 0 fully saturated rings. The molecule has 1 heterocycles. The summed E-state index contributed by atoms with van der Waals surface area (Å²) in [5, 5.41) is 3.26. The molecular weight excluding hydrogens is 240 g/mol. The highest BCUT2D eigenvalue weighted by molar-refractivity contribution is 7.13. The fourth-order valence-corrected chi connectivity index (χ4v) is 3.42. The summed E-state index contributed by atoms with van der Waals surface area (Å²) >= 11 is 1.73. The van der Waals surface area contributed by atoms with Crippen molar-refractivity contribution in [2.75, 3.05) is 6.54 Å². The van der Waals surface area contributed by atoms with E-state index in [-0.39, 0.29) is 0 Å². The van der Waals surface area contributed by atoms with E-state index in [0.717, 1.165) is 17.1 Å². The molecule has 1 aromatic carbocycles. The van der Waals surface area contributed by atoms with Crippen LogP contribution in [0, 0.1) is 0 Å². The Bertz CT molecular complexity index is 545. The second kappa shape index (κ2) is 5.21. The Hall–Kier alpha value is -1.19. The molecule has 0 spiro atoms. The van der Waals surface area contributed by atoms with Crippen LogP contribution in [0.3, 0.4) is 0 Å². The van der Waals surface area contributed by atoms with Gasteiger partial charge in [-0.05, 0) is 49.4 Å². The quantitative estimate of drug-likeness (QED) is 0.918. The monoisotopic (exact) mass is 258 g/mol. The number of aryl methyl sites for hydroxylation is 2. The van der Waals surface area contributed by atoms with Crippen LogP contribution in [0.25, 0.3) is 10.6 Å². The third-order valence-electron chi connectivity index (χ3n) is 3.55. The molecule has 2 aromatic rings. The molecule has 94 valence electrons. The van der Waals surface area contributed by atoms with Crippen LogP contribution in [0.4, 0.5) is 0 Å². The molecule has 0 atom stereocenters. The average Bonchev–Trinajstić information content (AvgIpc) is 2.87. The van der Waals surface area contributed by atoms with Crippen molar-refractivity contribution in [3.63, 3.8) is 0 Å². The number of nitrogens with two attached hydrogens (primary N) is 1. The number of benzene rings is 1. The van der Waals surface area contributed by atoms with Gasteiger partial charge in [-0.25, -0.2) is 4.98 Å². The minimum atomic E-state index is 0.674. The molecule has 0 unspecified atom stereocenters. The maximum Gasteiger partial charge on any atom is 0.123 e. The lowest BCUT2D eigenvalue weighted by molar-refractivity contribution is 0.686. The Kier molecular flexibility index (Phi) is 3.43. The number of thiazole rings is 1. The summed E-state index contributed by atoms with van der Waals surface area (Å²) in [6.07, 6.45) is 6.01. The Morgan fingerprint density at radius 2 is 2.00 bits per heavy atom. The van der Waals surface area contributed by atoms with E-state index < -0.39 is 0 Å². The van der Waals surface area contributed by atoms with Crippen molar-refractivity contribution in [3.8, 4) is 10.6 Å². The number of hydrogen-bond donors (Lipinski definition) is 1. The molecule has 0 amide bonds. The summed E-state index contributed by atoms with van der Waals surface area (Å²) in [5.74, 6) is 0. The molecule has 0 saturated carbocycles. The van der Waals surface area contributed by atoms with Crippen LogP contribution in [0.15, 0.2) is 23.6 Å². The second-order valence-corrected chi connectivity index (χ2v) is 5.73. The van der Waals surface area contributed by atoms with Crippen LogP contribution in [0.1, 0.15) is 29.7 Å². The number of nitrogens with zero attached hydrogens (tertiary/aromatic N) is 1. The van der Waals surface area contributed by atoms with Crippen molar-refractivity contribution in [1.82, 2.24) is 4.98 Å².